The molecule has 25 heavy (non-hydrogen) atoms. The average Bonchev–Trinajstić information content (AvgIpc) is 3.30. The fourth-order valence-corrected chi connectivity index (χ4v) is 3.70. The van der Waals surface area contributed by atoms with Crippen molar-refractivity contribution in [3.05, 3.63) is 58.0 Å². The minimum Gasteiger partial charge on any atom is -0.372 e. The summed E-state index contributed by atoms with van der Waals surface area (Å²) in [6, 6.07) is 10.4. The molecule has 0 spiro atoms. The molecule has 1 saturated heterocycles. The number of hydrogen-bond acceptors (Lipinski definition) is 3. The molecule has 1 aromatic heterocycles. The van der Waals surface area contributed by atoms with Crippen molar-refractivity contribution in [2.75, 3.05) is 19.7 Å². The number of nitrogens with two attached hydrogens (primary N) is 1. The van der Waals surface area contributed by atoms with Crippen molar-refractivity contribution in [2.45, 2.75) is 32.0 Å². The highest BCUT2D eigenvalue weighted by molar-refractivity contribution is 7.09. The van der Waals surface area contributed by atoms with Crippen LogP contribution in [0.25, 0.3) is 0 Å². The highest BCUT2D eigenvalue weighted by Crippen LogP contribution is 2.15. The molecule has 1 aromatic carbocycles. The topological polar surface area (TPSA) is 46.1 Å². The lowest BCUT2D eigenvalue weighted by Gasteiger charge is -2.22. The number of ether oxygens (including phenoxy) is 1. The van der Waals surface area contributed by atoms with Gasteiger partial charge in [-0.15, -0.1) is 11.3 Å². The standard InChI is InChI=1S/C19H23FN2O2S/c20-16-7-5-15(6-8-16)13-22(14-18-4-2-10-25-18)19(23)12-21-11-17-3-1-9-24-17/h2,4-8,10,17,21H,1,3,9,11-14H2/p+1/t17-/m0/s1. The molecule has 0 bridgehead atoms. The van der Waals surface area contributed by atoms with E-state index in [9.17, 15) is 9.18 Å². The molecule has 1 atom stereocenters. The molecule has 2 heterocycles. The first-order valence-electron chi connectivity index (χ1n) is 8.68. The van der Waals surface area contributed by atoms with Crippen LogP contribution in [-0.2, 0) is 22.6 Å². The minimum atomic E-state index is -0.259. The third-order valence-electron chi connectivity index (χ3n) is 4.34. The van der Waals surface area contributed by atoms with E-state index in [0.717, 1.165) is 36.4 Å². The van der Waals surface area contributed by atoms with Gasteiger partial charge in [-0.3, -0.25) is 4.79 Å². The number of thiophene rings is 1. The van der Waals surface area contributed by atoms with Gasteiger partial charge in [-0.2, -0.15) is 0 Å². The van der Waals surface area contributed by atoms with E-state index in [4.69, 9.17) is 4.74 Å². The van der Waals surface area contributed by atoms with Crippen LogP contribution >= 0.6 is 11.3 Å². The van der Waals surface area contributed by atoms with Crippen LogP contribution in [0.5, 0.6) is 0 Å². The Balaban J connectivity index is 1.58. The largest absolute Gasteiger partial charge is 0.372 e. The lowest BCUT2D eigenvalue weighted by atomic mass is 10.2. The Morgan fingerprint density at radius 1 is 1.28 bits per heavy atom. The third kappa shape index (κ3) is 5.63. The molecule has 6 heteroatoms. The zero-order valence-corrected chi connectivity index (χ0v) is 15.0. The van der Waals surface area contributed by atoms with Gasteiger partial charge in [-0.25, -0.2) is 4.39 Å². The summed E-state index contributed by atoms with van der Waals surface area (Å²) >= 11 is 1.64. The minimum absolute atomic E-state index is 0.0933. The predicted molar refractivity (Wildman–Crippen MR) is 95.6 cm³/mol. The number of halogens is 1. The van der Waals surface area contributed by atoms with Crippen molar-refractivity contribution >= 4 is 17.2 Å². The molecule has 0 aliphatic carbocycles. The number of hydrogen-bond donors (Lipinski definition) is 1. The van der Waals surface area contributed by atoms with Gasteiger partial charge in [-0.1, -0.05) is 18.2 Å². The average molecular weight is 363 g/mol. The Bertz CT molecular complexity index is 655. The van der Waals surface area contributed by atoms with Crippen LogP contribution < -0.4 is 5.32 Å². The van der Waals surface area contributed by atoms with E-state index in [2.05, 4.69) is 0 Å². The van der Waals surface area contributed by atoms with Gasteiger partial charge in [0.1, 0.15) is 18.5 Å². The van der Waals surface area contributed by atoms with E-state index in [1.807, 2.05) is 27.7 Å². The summed E-state index contributed by atoms with van der Waals surface area (Å²) in [5, 5.41) is 4.05. The Labute approximate surface area is 151 Å². The quantitative estimate of drug-likeness (QED) is 0.781. The first kappa shape index (κ1) is 18.0. The van der Waals surface area contributed by atoms with Gasteiger partial charge in [0.25, 0.3) is 5.91 Å². The smallest absolute Gasteiger partial charge is 0.278 e. The molecule has 0 saturated carbocycles. The number of amides is 1. The van der Waals surface area contributed by atoms with E-state index in [0.29, 0.717) is 19.6 Å². The molecule has 1 amide bonds. The van der Waals surface area contributed by atoms with Crippen molar-refractivity contribution in [3.8, 4) is 0 Å². The van der Waals surface area contributed by atoms with Crippen molar-refractivity contribution in [2.24, 2.45) is 0 Å². The number of carbonyl (C=O) groups excluding carboxylic acids is 1. The molecule has 2 N–H and O–H groups in total. The number of carbonyl (C=O) groups is 1. The van der Waals surface area contributed by atoms with Crippen LogP contribution in [0.2, 0.25) is 0 Å². The van der Waals surface area contributed by atoms with Crippen molar-refractivity contribution in [1.29, 1.82) is 0 Å². The summed E-state index contributed by atoms with van der Waals surface area (Å²) in [4.78, 5) is 15.7. The van der Waals surface area contributed by atoms with Gasteiger partial charge in [0.15, 0.2) is 6.54 Å². The van der Waals surface area contributed by atoms with Crippen molar-refractivity contribution in [3.63, 3.8) is 0 Å². The normalized spacial score (nSPS) is 16.9. The van der Waals surface area contributed by atoms with Crippen molar-refractivity contribution < 1.29 is 19.2 Å². The lowest BCUT2D eigenvalue weighted by molar-refractivity contribution is -0.650. The van der Waals surface area contributed by atoms with Gasteiger partial charge in [0.05, 0.1) is 6.54 Å². The second kappa shape index (κ2) is 9.08. The summed E-state index contributed by atoms with van der Waals surface area (Å²) in [7, 11) is 0. The number of benzene rings is 1. The maximum Gasteiger partial charge on any atom is 0.278 e. The Morgan fingerprint density at radius 3 is 2.80 bits per heavy atom. The monoisotopic (exact) mass is 363 g/mol. The summed E-state index contributed by atoms with van der Waals surface area (Å²) in [6.07, 6.45) is 2.47. The summed E-state index contributed by atoms with van der Waals surface area (Å²) in [6.45, 7) is 3.15. The molecule has 1 aliphatic rings. The van der Waals surface area contributed by atoms with Gasteiger partial charge >= 0.3 is 0 Å². The van der Waals surface area contributed by atoms with Gasteiger partial charge < -0.3 is 15.0 Å². The first-order valence-corrected chi connectivity index (χ1v) is 9.56. The van der Waals surface area contributed by atoms with Gasteiger partial charge in [0.2, 0.25) is 0 Å². The molecule has 0 unspecified atom stereocenters. The van der Waals surface area contributed by atoms with E-state index < -0.39 is 0 Å². The van der Waals surface area contributed by atoms with Gasteiger partial charge in [-0.05, 0) is 42.0 Å². The van der Waals surface area contributed by atoms with E-state index in [1.165, 1.54) is 12.1 Å². The van der Waals surface area contributed by atoms with Crippen LogP contribution in [0, 0.1) is 5.82 Å². The molecule has 4 nitrogen and oxygen atoms in total. The summed E-state index contributed by atoms with van der Waals surface area (Å²) in [5.74, 6) is -0.166. The van der Waals surface area contributed by atoms with E-state index >= 15 is 0 Å². The fourth-order valence-electron chi connectivity index (χ4n) is 2.99. The van der Waals surface area contributed by atoms with Crippen molar-refractivity contribution in [1.82, 2.24) is 4.90 Å². The highest BCUT2D eigenvalue weighted by Gasteiger charge is 2.20. The number of quaternary nitrogens is 1. The molecule has 1 aliphatic heterocycles. The molecular formula is C19H24FN2O2S+. The number of nitrogens with zero attached hydrogens (tertiary/aromatic N) is 1. The van der Waals surface area contributed by atoms with Crippen LogP contribution in [0.15, 0.2) is 41.8 Å². The first-order chi connectivity index (χ1) is 12.2. The number of rotatable bonds is 8. The van der Waals surface area contributed by atoms with Crippen LogP contribution in [0.1, 0.15) is 23.3 Å². The summed E-state index contributed by atoms with van der Waals surface area (Å²) < 4.78 is 18.7. The van der Waals surface area contributed by atoms with Crippen LogP contribution in [-0.4, -0.2) is 36.6 Å². The fraction of sp³-hybridized carbons (Fsp3) is 0.421. The van der Waals surface area contributed by atoms with Crippen LogP contribution in [0.4, 0.5) is 4.39 Å². The Morgan fingerprint density at radius 2 is 2.12 bits per heavy atom. The molecule has 2 aromatic rings. The second-order valence-corrected chi connectivity index (χ2v) is 7.35. The highest BCUT2D eigenvalue weighted by atomic mass is 32.1. The summed E-state index contributed by atoms with van der Waals surface area (Å²) in [5.41, 5.74) is 0.936. The maximum atomic E-state index is 13.1. The van der Waals surface area contributed by atoms with E-state index in [1.54, 1.807) is 23.5 Å². The molecule has 3 rings (SSSR count). The maximum absolute atomic E-state index is 13.1. The SMILES string of the molecule is O=C(C[NH2+]C[C@@H]1CCCO1)N(Cc1ccc(F)cc1)Cc1cccs1. The molecule has 134 valence electrons. The Kier molecular flexibility index (Phi) is 6.55. The zero-order valence-electron chi connectivity index (χ0n) is 14.2. The predicted octanol–water partition coefficient (Wildman–Crippen LogP) is 2.16. The van der Waals surface area contributed by atoms with Crippen LogP contribution in [0.3, 0.4) is 0 Å². The van der Waals surface area contributed by atoms with Gasteiger partial charge in [0, 0.05) is 18.0 Å². The van der Waals surface area contributed by atoms with E-state index in [-0.39, 0.29) is 17.8 Å². The zero-order chi connectivity index (χ0) is 17.5. The third-order valence-corrected chi connectivity index (χ3v) is 5.20. The molecular weight excluding hydrogens is 339 g/mol. The second-order valence-electron chi connectivity index (χ2n) is 6.32. The molecule has 1 fully saturated rings. The molecule has 0 radical (unpaired) electrons. The Hall–Kier alpha value is -1.76. The lowest BCUT2D eigenvalue weighted by Crippen LogP contribution is -2.88.